The predicted molar refractivity (Wildman–Crippen MR) is 73.1 cm³/mol. The Morgan fingerprint density at radius 1 is 1.50 bits per heavy atom. The fourth-order valence-electron chi connectivity index (χ4n) is 1.83. The summed E-state index contributed by atoms with van der Waals surface area (Å²) in [7, 11) is 0. The molecule has 1 rings (SSSR count). The third kappa shape index (κ3) is 2.94. The molecule has 18 heavy (non-hydrogen) atoms. The summed E-state index contributed by atoms with van der Waals surface area (Å²) in [5.41, 5.74) is 12.7. The number of carbonyl (C=O) groups excluding carboxylic acids is 1. The summed E-state index contributed by atoms with van der Waals surface area (Å²) in [6, 6.07) is -0.445. The molecule has 0 spiro atoms. The average molecular weight is 253 g/mol. The lowest BCUT2D eigenvalue weighted by atomic mass is 10.0. The summed E-state index contributed by atoms with van der Waals surface area (Å²) < 4.78 is 1.79. The van der Waals surface area contributed by atoms with E-state index in [2.05, 4.69) is 17.3 Å². The zero-order valence-corrected chi connectivity index (χ0v) is 11.5. The number of aryl methyl sites for hydroxylation is 2. The molecule has 1 unspecified atom stereocenters. The SMILES string of the molecule is CCCn1nc(C)c(N)c1NC(C(N)=O)C(C)C. The van der Waals surface area contributed by atoms with Crippen LogP contribution in [0, 0.1) is 12.8 Å². The summed E-state index contributed by atoms with van der Waals surface area (Å²) in [5, 5.41) is 7.47. The van der Waals surface area contributed by atoms with Crippen molar-refractivity contribution in [1.29, 1.82) is 0 Å². The number of aromatic nitrogens is 2. The molecule has 6 heteroatoms. The topological polar surface area (TPSA) is 99.0 Å². The standard InChI is InChI=1S/C12H23N5O/c1-5-6-17-12(9(13)8(4)16-17)15-10(7(2)3)11(14)18/h7,10,15H,5-6,13H2,1-4H3,(H2,14,18). The number of primary amides is 1. The van der Waals surface area contributed by atoms with Gasteiger partial charge in [0.2, 0.25) is 5.91 Å². The van der Waals surface area contributed by atoms with Crippen LogP contribution in [0.25, 0.3) is 0 Å². The Labute approximate surface area is 108 Å². The second-order valence-electron chi connectivity index (χ2n) is 4.84. The van der Waals surface area contributed by atoms with E-state index in [9.17, 15) is 4.79 Å². The number of amides is 1. The largest absolute Gasteiger partial charge is 0.394 e. The molecule has 1 aromatic rings. The van der Waals surface area contributed by atoms with Crippen molar-refractivity contribution in [2.75, 3.05) is 11.1 Å². The highest BCUT2D eigenvalue weighted by Crippen LogP contribution is 2.24. The quantitative estimate of drug-likeness (QED) is 0.707. The zero-order valence-electron chi connectivity index (χ0n) is 11.5. The molecule has 0 bridgehead atoms. The van der Waals surface area contributed by atoms with E-state index < -0.39 is 6.04 Å². The Morgan fingerprint density at radius 2 is 2.11 bits per heavy atom. The van der Waals surface area contributed by atoms with Crippen LogP contribution < -0.4 is 16.8 Å². The van der Waals surface area contributed by atoms with Crippen molar-refractivity contribution in [3.63, 3.8) is 0 Å². The number of anilines is 2. The molecule has 0 saturated carbocycles. The number of hydrogen-bond donors (Lipinski definition) is 3. The van der Waals surface area contributed by atoms with Gasteiger partial charge in [0, 0.05) is 6.54 Å². The summed E-state index contributed by atoms with van der Waals surface area (Å²) in [6.45, 7) is 8.54. The van der Waals surface area contributed by atoms with Gasteiger partial charge in [0.05, 0.1) is 11.4 Å². The van der Waals surface area contributed by atoms with Crippen molar-refractivity contribution in [3.05, 3.63) is 5.69 Å². The maximum Gasteiger partial charge on any atom is 0.240 e. The van der Waals surface area contributed by atoms with E-state index in [0.29, 0.717) is 11.5 Å². The number of hydrogen-bond acceptors (Lipinski definition) is 4. The number of nitrogens with two attached hydrogens (primary N) is 2. The molecule has 0 aliphatic heterocycles. The molecule has 1 heterocycles. The third-order valence-electron chi connectivity index (χ3n) is 2.87. The minimum Gasteiger partial charge on any atom is -0.394 e. The lowest BCUT2D eigenvalue weighted by Gasteiger charge is -2.21. The van der Waals surface area contributed by atoms with E-state index in [4.69, 9.17) is 11.5 Å². The summed E-state index contributed by atoms with van der Waals surface area (Å²) in [6.07, 6.45) is 0.943. The number of nitrogen functional groups attached to an aromatic ring is 1. The first kappa shape index (κ1) is 14.3. The molecule has 1 amide bonds. The minimum absolute atomic E-state index is 0.0900. The van der Waals surface area contributed by atoms with Crippen molar-refractivity contribution in [2.24, 2.45) is 11.7 Å². The lowest BCUT2D eigenvalue weighted by molar-refractivity contribution is -0.119. The molecular formula is C12H23N5O. The molecule has 0 radical (unpaired) electrons. The molecule has 1 aromatic heterocycles. The first-order valence-electron chi connectivity index (χ1n) is 6.27. The van der Waals surface area contributed by atoms with Gasteiger partial charge >= 0.3 is 0 Å². The highest BCUT2D eigenvalue weighted by atomic mass is 16.1. The van der Waals surface area contributed by atoms with E-state index >= 15 is 0 Å². The Hall–Kier alpha value is -1.72. The van der Waals surface area contributed by atoms with E-state index in [1.54, 1.807) is 4.68 Å². The van der Waals surface area contributed by atoms with Crippen molar-refractivity contribution in [1.82, 2.24) is 9.78 Å². The van der Waals surface area contributed by atoms with Crippen LogP contribution >= 0.6 is 0 Å². The molecule has 6 nitrogen and oxygen atoms in total. The fourth-order valence-corrected chi connectivity index (χ4v) is 1.83. The van der Waals surface area contributed by atoms with Gasteiger partial charge in [-0.05, 0) is 19.3 Å². The van der Waals surface area contributed by atoms with Gasteiger partial charge in [0.15, 0.2) is 0 Å². The third-order valence-corrected chi connectivity index (χ3v) is 2.87. The fraction of sp³-hybridized carbons (Fsp3) is 0.667. The second kappa shape index (κ2) is 5.75. The Bertz CT molecular complexity index is 424. The summed E-state index contributed by atoms with van der Waals surface area (Å²) >= 11 is 0. The van der Waals surface area contributed by atoms with Crippen LogP contribution in [0.15, 0.2) is 0 Å². The van der Waals surface area contributed by atoms with Gasteiger partial charge in [-0.2, -0.15) is 5.10 Å². The number of nitrogens with one attached hydrogen (secondary N) is 1. The first-order chi connectivity index (χ1) is 8.38. The van der Waals surface area contributed by atoms with Crippen LogP contribution in [-0.2, 0) is 11.3 Å². The van der Waals surface area contributed by atoms with Crippen LogP contribution in [0.5, 0.6) is 0 Å². The molecule has 0 fully saturated rings. The summed E-state index contributed by atoms with van der Waals surface area (Å²) in [4.78, 5) is 11.4. The molecule has 0 saturated heterocycles. The van der Waals surface area contributed by atoms with Gasteiger partial charge in [0.1, 0.15) is 11.9 Å². The van der Waals surface area contributed by atoms with Crippen LogP contribution in [0.3, 0.4) is 0 Å². The molecule has 1 atom stereocenters. The van der Waals surface area contributed by atoms with Gasteiger partial charge < -0.3 is 16.8 Å². The van der Waals surface area contributed by atoms with E-state index in [1.807, 2.05) is 20.8 Å². The summed E-state index contributed by atoms with van der Waals surface area (Å²) in [5.74, 6) is 0.394. The highest BCUT2D eigenvalue weighted by Gasteiger charge is 2.23. The van der Waals surface area contributed by atoms with E-state index in [-0.39, 0.29) is 11.8 Å². The maximum absolute atomic E-state index is 11.4. The molecule has 0 aliphatic rings. The van der Waals surface area contributed by atoms with Crippen LogP contribution in [-0.4, -0.2) is 21.7 Å². The molecular weight excluding hydrogens is 230 g/mol. The molecule has 0 aliphatic carbocycles. The van der Waals surface area contributed by atoms with Gasteiger partial charge in [-0.1, -0.05) is 20.8 Å². The van der Waals surface area contributed by atoms with Crippen LogP contribution in [0.4, 0.5) is 11.5 Å². The average Bonchev–Trinajstić information content (AvgIpc) is 2.52. The van der Waals surface area contributed by atoms with Gasteiger partial charge in [-0.25, -0.2) is 4.68 Å². The van der Waals surface area contributed by atoms with Crippen LogP contribution in [0.2, 0.25) is 0 Å². The van der Waals surface area contributed by atoms with E-state index in [0.717, 1.165) is 18.7 Å². The predicted octanol–water partition coefficient (Wildman–Crippen LogP) is 1.11. The number of nitrogens with zero attached hydrogens (tertiary/aromatic N) is 2. The normalized spacial score (nSPS) is 12.7. The van der Waals surface area contributed by atoms with Crippen molar-refractivity contribution in [3.8, 4) is 0 Å². The molecule has 102 valence electrons. The Balaban J connectivity index is 3.04. The second-order valence-corrected chi connectivity index (χ2v) is 4.84. The van der Waals surface area contributed by atoms with Crippen molar-refractivity contribution < 1.29 is 4.79 Å². The highest BCUT2D eigenvalue weighted by molar-refractivity contribution is 5.84. The monoisotopic (exact) mass is 253 g/mol. The van der Waals surface area contributed by atoms with Gasteiger partial charge in [-0.15, -0.1) is 0 Å². The molecule has 5 N–H and O–H groups in total. The first-order valence-corrected chi connectivity index (χ1v) is 6.27. The van der Waals surface area contributed by atoms with Crippen molar-refractivity contribution >= 4 is 17.4 Å². The Morgan fingerprint density at radius 3 is 2.56 bits per heavy atom. The minimum atomic E-state index is -0.445. The zero-order chi connectivity index (χ0) is 13.9. The Kier molecular flexibility index (Phi) is 4.58. The lowest BCUT2D eigenvalue weighted by Crippen LogP contribution is -2.40. The van der Waals surface area contributed by atoms with Gasteiger partial charge in [-0.3, -0.25) is 4.79 Å². The maximum atomic E-state index is 11.4. The smallest absolute Gasteiger partial charge is 0.240 e. The number of rotatable bonds is 6. The number of carbonyl (C=O) groups is 1. The van der Waals surface area contributed by atoms with Crippen molar-refractivity contribution in [2.45, 2.75) is 46.7 Å². The molecule has 0 aromatic carbocycles. The van der Waals surface area contributed by atoms with Gasteiger partial charge in [0.25, 0.3) is 0 Å². The van der Waals surface area contributed by atoms with E-state index in [1.165, 1.54) is 0 Å². The van der Waals surface area contributed by atoms with Crippen LogP contribution in [0.1, 0.15) is 32.9 Å².